The molecule has 6 nitrogen and oxygen atoms in total. The molecule has 0 aromatic carbocycles. The van der Waals surface area contributed by atoms with Crippen LogP contribution in [-0.2, 0) is 9.31 Å². The second-order valence-corrected chi connectivity index (χ2v) is 2.46. The molecule has 0 atom stereocenters. The highest BCUT2D eigenvalue weighted by atomic mass is 16.4. The summed E-state index contributed by atoms with van der Waals surface area (Å²) in [6, 6.07) is 1.82. The minimum absolute atomic E-state index is 0.284. The highest BCUT2D eigenvalue weighted by Gasteiger charge is 2.01. The number of nitrogens with zero attached hydrogens (tertiary/aromatic N) is 3. The molecule has 0 bridgehead atoms. The fourth-order valence-electron chi connectivity index (χ4n) is 0.866. The molecule has 0 amide bonds. The SMILES string of the molecule is COB/N=C(\NBOC)n1cccn1. The van der Waals surface area contributed by atoms with Crippen LogP contribution in [0.1, 0.15) is 0 Å². The summed E-state index contributed by atoms with van der Waals surface area (Å²) < 4.78 is 11.3. The van der Waals surface area contributed by atoms with Crippen LogP contribution >= 0.6 is 0 Å². The molecule has 14 heavy (non-hydrogen) atoms. The number of aromatic nitrogens is 2. The van der Waals surface area contributed by atoms with Crippen LogP contribution in [0, 0.1) is 0 Å². The average Bonchev–Trinajstić information content (AvgIpc) is 2.71. The van der Waals surface area contributed by atoms with Crippen LogP contribution in [0.2, 0.25) is 0 Å². The smallest absolute Gasteiger partial charge is 0.418 e. The summed E-state index contributed by atoms with van der Waals surface area (Å²) in [6.07, 6.45) is 3.47. The van der Waals surface area contributed by atoms with Crippen LogP contribution in [0.5, 0.6) is 0 Å². The lowest BCUT2D eigenvalue weighted by Crippen LogP contribution is -2.35. The van der Waals surface area contributed by atoms with Crippen molar-refractivity contribution in [2.45, 2.75) is 0 Å². The van der Waals surface area contributed by atoms with Gasteiger partial charge in [0.2, 0.25) is 0 Å². The number of rotatable bonds is 4. The van der Waals surface area contributed by atoms with Crippen molar-refractivity contribution in [3.8, 4) is 0 Å². The van der Waals surface area contributed by atoms with E-state index in [9.17, 15) is 0 Å². The zero-order chi connectivity index (χ0) is 10.2. The van der Waals surface area contributed by atoms with Crippen molar-refractivity contribution in [1.82, 2.24) is 15.0 Å². The van der Waals surface area contributed by atoms with Crippen molar-refractivity contribution in [3.63, 3.8) is 0 Å². The number of nitrogens with one attached hydrogen (secondary N) is 1. The predicted octanol–water partition coefficient (Wildman–Crippen LogP) is -1.50. The van der Waals surface area contributed by atoms with Crippen molar-refractivity contribution in [2.75, 3.05) is 14.2 Å². The first-order valence-electron chi connectivity index (χ1n) is 4.14. The molecule has 0 unspecified atom stereocenters. The van der Waals surface area contributed by atoms with Gasteiger partial charge in [0.05, 0.1) is 0 Å². The van der Waals surface area contributed by atoms with Crippen molar-refractivity contribution >= 4 is 21.2 Å². The summed E-state index contributed by atoms with van der Waals surface area (Å²) in [5.41, 5.74) is 0. The first-order chi connectivity index (χ1) is 6.88. The minimum Gasteiger partial charge on any atom is -0.422 e. The highest BCUT2D eigenvalue weighted by Crippen LogP contribution is 1.84. The van der Waals surface area contributed by atoms with E-state index < -0.39 is 0 Å². The molecule has 0 radical (unpaired) electrons. The summed E-state index contributed by atoms with van der Waals surface area (Å²) in [5.74, 6) is 0.596. The Kier molecular flexibility index (Phi) is 4.81. The van der Waals surface area contributed by atoms with Gasteiger partial charge in [-0.2, -0.15) is 5.10 Å². The lowest BCUT2D eigenvalue weighted by Gasteiger charge is -2.07. The van der Waals surface area contributed by atoms with Crippen LogP contribution in [0.3, 0.4) is 0 Å². The van der Waals surface area contributed by atoms with Gasteiger partial charge in [-0.3, -0.25) is 4.90 Å². The molecular weight excluding hydrogens is 182 g/mol. The maximum Gasteiger partial charge on any atom is 0.418 e. The molecule has 0 aliphatic heterocycles. The zero-order valence-corrected chi connectivity index (χ0v) is 8.30. The molecule has 0 aliphatic rings. The zero-order valence-electron chi connectivity index (χ0n) is 8.30. The lowest BCUT2D eigenvalue weighted by atomic mass is 10.3. The Morgan fingerprint density at radius 3 is 2.93 bits per heavy atom. The summed E-state index contributed by atoms with van der Waals surface area (Å²) in [6.45, 7) is 0. The maximum absolute atomic E-state index is 4.88. The van der Waals surface area contributed by atoms with Crippen molar-refractivity contribution in [1.29, 1.82) is 0 Å². The second kappa shape index (κ2) is 6.22. The van der Waals surface area contributed by atoms with Crippen LogP contribution in [-0.4, -0.2) is 45.2 Å². The first-order valence-corrected chi connectivity index (χ1v) is 4.14. The molecule has 1 aromatic rings. The molecule has 0 aliphatic carbocycles. The Hall–Kier alpha value is -1.27. The van der Waals surface area contributed by atoms with E-state index in [2.05, 4.69) is 15.2 Å². The molecule has 0 spiro atoms. The minimum atomic E-state index is 0.284. The van der Waals surface area contributed by atoms with Gasteiger partial charge in [-0.1, -0.05) is 0 Å². The van der Waals surface area contributed by atoms with E-state index in [1.54, 1.807) is 31.3 Å². The third-order valence-corrected chi connectivity index (χ3v) is 1.44. The third kappa shape index (κ3) is 3.23. The molecular formula is C6H12B2N4O2. The largest absolute Gasteiger partial charge is 0.422 e. The molecule has 8 heteroatoms. The molecule has 1 rings (SSSR count). The van der Waals surface area contributed by atoms with Gasteiger partial charge < -0.3 is 14.5 Å². The standard InChI is InChI=1S/C6H12B2N4O2/c1-13-7-10-6(11-8-14-2)12-5-3-4-9-12/h3-5,7-8H,1-2H3,(H,10,11). The average molecular weight is 194 g/mol. The van der Waals surface area contributed by atoms with E-state index in [0.29, 0.717) is 13.6 Å². The Labute approximate surface area is 83.9 Å². The maximum atomic E-state index is 4.88. The van der Waals surface area contributed by atoms with Crippen LogP contribution < -0.4 is 5.23 Å². The van der Waals surface area contributed by atoms with Gasteiger partial charge in [0.15, 0.2) is 5.96 Å². The van der Waals surface area contributed by atoms with Gasteiger partial charge >= 0.3 is 15.2 Å². The molecule has 1 N–H and O–H groups in total. The quantitative estimate of drug-likeness (QED) is 0.360. The summed E-state index contributed by atoms with van der Waals surface area (Å²) in [4.78, 5) is 4.13. The van der Waals surface area contributed by atoms with Gasteiger partial charge in [0.1, 0.15) is 0 Å². The fourth-order valence-corrected chi connectivity index (χ4v) is 0.866. The van der Waals surface area contributed by atoms with E-state index in [-0.39, 0.29) is 7.62 Å². The van der Waals surface area contributed by atoms with E-state index >= 15 is 0 Å². The topological polar surface area (TPSA) is 60.7 Å². The van der Waals surface area contributed by atoms with Crippen LogP contribution in [0.15, 0.2) is 23.4 Å². The molecule has 0 saturated carbocycles. The summed E-state index contributed by atoms with van der Waals surface area (Å²) in [7, 11) is 3.85. The van der Waals surface area contributed by atoms with Gasteiger partial charge in [0.25, 0.3) is 0 Å². The molecule has 74 valence electrons. The Morgan fingerprint density at radius 2 is 2.36 bits per heavy atom. The Morgan fingerprint density at radius 1 is 1.50 bits per heavy atom. The van der Waals surface area contributed by atoms with Crippen LogP contribution in [0.4, 0.5) is 0 Å². The van der Waals surface area contributed by atoms with E-state index in [0.717, 1.165) is 0 Å². The monoisotopic (exact) mass is 194 g/mol. The van der Waals surface area contributed by atoms with Gasteiger partial charge in [0, 0.05) is 26.6 Å². The van der Waals surface area contributed by atoms with Crippen molar-refractivity contribution in [2.24, 2.45) is 4.90 Å². The summed E-state index contributed by atoms with van der Waals surface area (Å²) in [5, 5.41) is 6.99. The number of hydrogen-bond donors (Lipinski definition) is 1. The van der Waals surface area contributed by atoms with Gasteiger partial charge in [-0.05, 0) is 6.07 Å². The van der Waals surface area contributed by atoms with E-state index in [4.69, 9.17) is 9.31 Å². The van der Waals surface area contributed by atoms with Crippen molar-refractivity contribution < 1.29 is 9.31 Å². The lowest BCUT2D eigenvalue weighted by molar-refractivity contribution is 0.436. The van der Waals surface area contributed by atoms with Crippen molar-refractivity contribution in [3.05, 3.63) is 18.5 Å². The predicted molar refractivity (Wildman–Crippen MR) is 56.5 cm³/mol. The van der Waals surface area contributed by atoms with Gasteiger partial charge in [-0.15, -0.1) is 0 Å². The Balaban J connectivity index is 2.62. The van der Waals surface area contributed by atoms with E-state index in [1.165, 1.54) is 0 Å². The highest BCUT2D eigenvalue weighted by molar-refractivity contribution is 6.34. The van der Waals surface area contributed by atoms with Gasteiger partial charge in [-0.25, -0.2) is 4.68 Å². The normalized spacial score (nSPS) is 11.1. The summed E-state index contributed by atoms with van der Waals surface area (Å²) >= 11 is 0. The fraction of sp³-hybridized carbons (Fsp3) is 0.333. The van der Waals surface area contributed by atoms with E-state index in [1.807, 2.05) is 6.07 Å². The van der Waals surface area contributed by atoms with Crippen LogP contribution in [0.25, 0.3) is 0 Å². The molecule has 1 aromatic heterocycles. The second-order valence-electron chi connectivity index (χ2n) is 2.46. The molecule has 1 heterocycles. The Bertz CT molecular complexity index is 277. The number of hydrogen-bond acceptors (Lipinski definition) is 4. The first kappa shape index (κ1) is 10.8. The molecule has 0 fully saturated rings. The molecule has 0 saturated heterocycles. The third-order valence-electron chi connectivity index (χ3n) is 1.44.